The van der Waals surface area contributed by atoms with Gasteiger partial charge in [0.2, 0.25) is 0 Å². The number of pyridine rings is 1. The summed E-state index contributed by atoms with van der Waals surface area (Å²) in [6.07, 6.45) is 6.94. The average molecular weight is 277 g/mol. The van der Waals surface area contributed by atoms with E-state index in [-0.39, 0.29) is 0 Å². The molecule has 0 aromatic carbocycles. The molecule has 1 atom stereocenters. The molecule has 1 aliphatic rings. The lowest BCUT2D eigenvalue weighted by atomic mass is 9.95. The highest BCUT2D eigenvalue weighted by atomic mass is 32.2. The Morgan fingerprint density at radius 2 is 2.26 bits per heavy atom. The van der Waals surface area contributed by atoms with Crippen LogP contribution >= 0.6 is 0 Å². The van der Waals surface area contributed by atoms with E-state index in [1.807, 2.05) is 6.07 Å². The molecule has 0 radical (unpaired) electrons. The van der Waals surface area contributed by atoms with Crippen LogP contribution in [-0.2, 0) is 23.6 Å². The Bertz CT molecular complexity index is 522. The van der Waals surface area contributed by atoms with Crippen LogP contribution in [-0.4, -0.2) is 27.7 Å². The first-order chi connectivity index (χ1) is 9.20. The van der Waals surface area contributed by atoms with Gasteiger partial charge >= 0.3 is 0 Å². The lowest BCUT2D eigenvalue weighted by Crippen LogP contribution is -2.12. The molecule has 1 aliphatic carbocycles. The molecule has 1 aromatic heterocycles. The number of nitriles is 1. The van der Waals surface area contributed by atoms with Crippen molar-refractivity contribution in [1.82, 2.24) is 4.98 Å². The second kappa shape index (κ2) is 6.67. The fourth-order valence-corrected chi connectivity index (χ4v) is 2.89. The quantitative estimate of drug-likeness (QED) is 0.836. The summed E-state index contributed by atoms with van der Waals surface area (Å²) in [5.74, 6) is 1.37. The lowest BCUT2D eigenvalue weighted by molar-refractivity contribution is 0.667. The lowest BCUT2D eigenvalue weighted by Gasteiger charge is -2.17. The van der Waals surface area contributed by atoms with Crippen LogP contribution in [0.15, 0.2) is 6.07 Å². The molecule has 2 rings (SSSR count). The topological polar surface area (TPSA) is 65.8 Å². The molecule has 0 fully saturated rings. The summed E-state index contributed by atoms with van der Waals surface area (Å²) in [5, 5.41) is 12.4. The van der Waals surface area contributed by atoms with E-state index in [1.54, 1.807) is 6.26 Å². The van der Waals surface area contributed by atoms with Crippen molar-refractivity contribution in [3.8, 4) is 6.07 Å². The van der Waals surface area contributed by atoms with Crippen molar-refractivity contribution in [1.29, 1.82) is 5.26 Å². The predicted octanol–water partition coefficient (Wildman–Crippen LogP) is 2.01. The Morgan fingerprint density at radius 1 is 1.47 bits per heavy atom. The van der Waals surface area contributed by atoms with Crippen molar-refractivity contribution in [2.75, 3.05) is 23.9 Å². The van der Waals surface area contributed by atoms with Gasteiger partial charge in [0.25, 0.3) is 0 Å². The van der Waals surface area contributed by atoms with Gasteiger partial charge in [-0.2, -0.15) is 5.26 Å². The van der Waals surface area contributed by atoms with Gasteiger partial charge in [-0.3, -0.25) is 4.21 Å². The third-order valence-corrected chi connectivity index (χ3v) is 4.19. The maximum atomic E-state index is 11.0. The van der Waals surface area contributed by atoms with Crippen LogP contribution in [0, 0.1) is 11.3 Å². The van der Waals surface area contributed by atoms with Crippen molar-refractivity contribution in [2.24, 2.45) is 0 Å². The highest BCUT2D eigenvalue weighted by Gasteiger charge is 2.14. The Kier molecular flexibility index (Phi) is 4.92. The van der Waals surface area contributed by atoms with E-state index >= 15 is 0 Å². The summed E-state index contributed by atoms with van der Waals surface area (Å²) in [7, 11) is -0.758. The van der Waals surface area contributed by atoms with Gasteiger partial charge in [-0.15, -0.1) is 0 Å². The average Bonchev–Trinajstić information content (AvgIpc) is 2.42. The normalized spacial score (nSPS) is 15.4. The fourth-order valence-electron chi connectivity index (χ4n) is 2.34. The summed E-state index contributed by atoms with van der Waals surface area (Å²) in [4.78, 5) is 4.59. The molecule has 1 heterocycles. The smallest absolute Gasteiger partial charge is 0.144 e. The van der Waals surface area contributed by atoms with Gasteiger partial charge < -0.3 is 5.32 Å². The van der Waals surface area contributed by atoms with Gasteiger partial charge in [-0.1, -0.05) is 0 Å². The molecule has 19 heavy (non-hydrogen) atoms. The molecule has 5 heteroatoms. The first-order valence-electron chi connectivity index (χ1n) is 6.67. The van der Waals surface area contributed by atoms with Gasteiger partial charge in [-0.05, 0) is 43.7 Å². The zero-order valence-electron chi connectivity index (χ0n) is 11.2. The SMILES string of the molecule is CS(=O)CCCNc1nc2c(cc1C#N)CCCC2. The molecule has 0 saturated carbocycles. The van der Waals surface area contributed by atoms with Crippen LogP contribution in [0.3, 0.4) is 0 Å². The molecular weight excluding hydrogens is 258 g/mol. The van der Waals surface area contributed by atoms with Gasteiger partial charge in [0.15, 0.2) is 0 Å². The predicted molar refractivity (Wildman–Crippen MR) is 77.6 cm³/mol. The van der Waals surface area contributed by atoms with Crippen molar-refractivity contribution < 1.29 is 4.21 Å². The Morgan fingerprint density at radius 3 is 3.00 bits per heavy atom. The minimum atomic E-state index is -0.758. The van der Waals surface area contributed by atoms with Crippen molar-refractivity contribution in [3.63, 3.8) is 0 Å². The maximum Gasteiger partial charge on any atom is 0.144 e. The van der Waals surface area contributed by atoms with Crippen LogP contribution < -0.4 is 5.32 Å². The zero-order chi connectivity index (χ0) is 13.7. The number of anilines is 1. The molecule has 0 saturated heterocycles. The molecule has 1 unspecified atom stereocenters. The van der Waals surface area contributed by atoms with Crippen LogP contribution in [0.4, 0.5) is 5.82 Å². The number of aryl methyl sites for hydroxylation is 2. The van der Waals surface area contributed by atoms with Gasteiger partial charge in [0.1, 0.15) is 11.9 Å². The molecule has 1 N–H and O–H groups in total. The van der Waals surface area contributed by atoms with Gasteiger partial charge in [-0.25, -0.2) is 4.98 Å². The number of aromatic nitrogens is 1. The standard InChI is InChI=1S/C14H19N3OS/c1-19(18)8-4-7-16-14-12(10-15)9-11-5-2-3-6-13(11)17-14/h9H,2-8H2,1H3,(H,16,17). The summed E-state index contributed by atoms with van der Waals surface area (Å²) in [6.45, 7) is 0.708. The number of nitrogens with one attached hydrogen (secondary N) is 1. The van der Waals surface area contributed by atoms with E-state index in [0.717, 1.165) is 25.0 Å². The number of nitrogens with zero attached hydrogens (tertiary/aromatic N) is 2. The van der Waals surface area contributed by atoms with Crippen molar-refractivity contribution >= 4 is 16.6 Å². The summed E-state index contributed by atoms with van der Waals surface area (Å²) >= 11 is 0. The number of hydrogen-bond acceptors (Lipinski definition) is 4. The largest absolute Gasteiger partial charge is 0.369 e. The molecule has 0 aliphatic heterocycles. The summed E-state index contributed by atoms with van der Waals surface area (Å²) in [6, 6.07) is 4.18. The van der Waals surface area contributed by atoms with Crippen LogP contribution in [0.2, 0.25) is 0 Å². The van der Waals surface area contributed by atoms with Crippen LogP contribution in [0.5, 0.6) is 0 Å². The molecule has 4 nitrogen and oxygen atoms in total. The molecule has 0 bridgehead atoms. The van der Waals surface area contributed by atoms with E-state index < -0.39 is 10.8 Å². The number of fused-ring (bicyclic) bond motifs is 1. The second-order valence-electron chi connectivity index (χ2n) is 4.87. The third-order valence-electron chi connectivity index (χ3n) is 3.32. The molecular formula is C14H19N3OS. The highest BCUT2D eigenvalue weighted by molar-refractivity contribution is 7.84. The molecule has 102 valence electrons. The Labute approximate surface area is 116 Å². The molecule has 1 aromatic rings. The van der Waals surface area contributed by atoms with Gasteiger partial charge in [0, 0.05) is 35.0 Å². The van der Waals surface area contributed by atoms with Gasteiger partial charge in [0.05, 0.1) is 5.56 Å². The highest BCUT2D eigenvalue weighted by Crippen LogP contribution is 2.24. The van der Waals surface area contributed by atoms with Crippen LogP contribution in [0.25, 0.3) is 0 Å². The fraction of sp³-hybridized carbons (Fsp3) is 0.571. The monoisotopic (exact) mass is 277 g/mol. The number of rotatable bonds is 5. The van der Waals surface area contributed by atoms with Crippen LogP contribution in [0.1, 0.15) is 36.1 Å². The third kappa shape index (κ3) is 3.77. The van der Waals surface area contributed by atoms with E-state index in [0.29, 0.717) is 23.7 Å². The second-order valence-corrected chi connectivity index (χ2v) is 6.42. The first-order valence-corrected chi connectivity index (χ1v) is 8.40. The molecule has 0 spiro atoms. The Hall–Kier alpha value is -1.41. The Balaban J connectivity index is 2.06. The minimum Gasteiger partial charge on any atom is -0.369 e. The van der Waals surface area contributed by atoms with E-state index in [1.165, 1.54) is 18.4 Å². The summed E-state index contributed by atoms with van der Waals surface area (Å²) < 4.78 is 11.0. The van der Waals surface area contributed by atoms with Crippen molar-refractivity contribution in [2.45, 2.75) is 32.1 Å². The summed E-state index contributed by atoms with van der Waals surface area (Å²) in [5.41, 5.74) is 2.98. The number of hydrogen-bond donors (Lipinski definition) is 1. The molecule has 0 amide bonds. The van der Waals surface area contributed by atoms with E-state index in [9.17, 15) is 9.47 Å². The van der Waals surface area contributed by atoms with Crippen molar-refractivity contribution in [3.05, 3.63) is 22.9 Å². The van der Waals surface area contributed by atoms with E-state index in [2.05, 4.69) is 16.4 Å². The minimum absolute atomic E-state index is 0.623. The zero-order valence-corrected chi connectivity index (χ0v) is 12.1. The maximum absolute atomic E-state index is 11.0. The first kappa shape index (κ1) is 14.0. The van der Waals surface area contributed by atoms with E-state index in [4.69, 9.17) is 0 Å².